The van der Waals surface area contributed by atoms with Gasteiger partial charge < -0.3 is 19.5 Å². The highest BCUT2D eigenvalue weighted by Gasteiger charge is 2.34. The van der Waals surface area contributed by atoms with Gasteiger partial charge in [0.1, 0.15) is 17.6 Å². The van der Waals surface area contributed by atoms with Gasteiger partial charge in [0.05, 0.1) is 7.11 Å². The molecule has 2 aliphatic rings. The number of benzene rings is 1. The quantitative estimate of drug-likeness (QED) is 0.926. The van der Waals surface area contributed by atoms with Crippen LogP contribution in [0.4, 0.5) is 0 Å². The van der Waals surface area contributed by atoms with Gasteiger partial charge in [-0.3, -0.25) is 0 Å². The fraction of sp³-hybridized carbons (Fsp3) is 0.647. The number of methoxy groups -OCH3 is 1. The molecular formula is C17H25NO3. The number of rotatable bonds is 4. The zero-order chi connectivity index (χ0) is 14.7. The lowest BCUT2D eigenvalue weighted by Gasteiger charge is -2.38. The van der Waals surface area contributed by atoms with Crippen LogP contribution in [0.3, 0.4) is 0 Å². The summed E-state index contributed by atoms with van der Waals surface area (Å²) in [6.45, 7) is 4.85. The summed E-state index contributed by atoms with van der Waals surface area (Å²) in [6, 6.07) is 6.53. The van der Waals surface area contributed by atoms with E-state index in [4.69, 9.17) is 14.2 Å². The van der Waals surface area contributed by atoms with Crippen molar-refractivity contribution in [3.63, 3.8) is 0 Å². The number of ether oxygens (including phenoxy) is 3. The van der Waals surface area contributed by atoms with E-state index < -0.39 is 0 Å². The van der Waals surface area contributed by atoms with Gasteiger partial charge in [-0.1, -0.05) is 13.0 Å². The van der Waals surface area contributed by atoms with E-state index in [2.05, 4.69) is 18.3 Å². The molecule has 21 heavy (non-hydrogen) atoms. The van der Waals surface area contributed by atoms with Crippen molar-refractivity contribution in [1.82, 2.24) is 5.32 Å². The lowest BCUT2D eigenvalue weighted by Crippen LogP contribution is -2.39. The molecule has 0 bridgehead atoms. The molecule has 4 nitrogen and oxygen atoms in total. The summed E-state index contributed by atoms with van der Waals surface area (Å²) < 4.78 is 17.1. The molecule has 1 aromatic rings. The Bertz CT molecular complexity index is 471. The zero-order valence-corrected chi connectivity index (χ0v) is 12.9. The fourth-order valence-corrected chi connectivity index (χ4v) is 3.42. The van der Waals surface area contributed by atoms with Crippen LogP contribution in [0.5, 0.6) is 11.5 Å². The van der Waals surface area contributed by atoms with Crippen LogP contribution < -0.4 is 14.8 Å². The first-order valence-electron chi connectivity index (χ1n) is 7.97. The highest BCUT2D eigenvalue weighted by Crippen LogP contribution is 2.40. The summed E-state index contributed by atoms with van der Waals surface area (Å²) in [5.41, 5.74) is 1.25. The zero-order valence-electron chi connectivity index (χ0n) is 12.9. The lowest BCUT2D eigenvalue weighted by atomic mass is 9.85. The van der Waals surface area contributed by atoms with Gasteiger partial charge >= 0.3 is 0 Å². The average molecular weight is 291 g/mol. The van der Waals surface area contributed by atoms with E-state index in [0.717, 1.165) is 50.5 Å². The van der Waals surface area contributed by atoms with E-state index in [-0.39, 0.29) is 6.10 Å². The lowest BCUT2D eigenvalue weighted by molar-refractivity contribution is 0.00530. The van der Waals surface area contributed by atoms with Crippen LogP contribution >= 0.6 is 0 Å². The third-order valence-corrected chi connectivity index (χ3v) is 4.58. The van der Waals surface area contributed by atoms with Gasteiger partial charge in [0, 0.05) is 43.2 Å². The molecule has 1 saturated heterocycles. The van der Waals surface area contributed by atoms with E-state index in [0.29, 0.717) is 12.0 Å². The molecule has 0 saturated carbocycles. The van der Waals surface area contributed by atoms with Crippen LogP contribution in [0, 0.1) is 5.92 Å². The van der Waals surface area contributed by atoms with Crippen molar-refractivity contribution in [3.8, 4) is 11.5 Å². The number of hydrogen-bond acceptors (Lipinski definition) is 4. The Balaban J connectivity index is 1.83. The Kier molecular flexibility index (Phi) is 4.66. The largest absolute Gasteiger partial charge is 0.497 e. The third-order valence-electron chi connectivity index (χ3n) is 4.58. The van der Waals surface area contributed by atoms with Gasteiger partial charge in [-0.15, -0.1) is 0 Å². The molecule has 0 aromatic heterocycles. The van der Waals surface area contributed by atoms with Crippen LogP contribution in [0.15, 0.2) is 18.2 Å². The van der Waals surface area contributed by atoms with Gasteiger partial charge in [0.15, 0.2) is 0 Å². The van der Waals surface area contributed by atoms with E-state index >= 15 is 0 Å². The van der Waals surface area contributed by atoms with E-state index in [1.165, 1.54) is 5.56 Å². The summed E-state index contributed by atoms with van der Waals surface area (Å²) in [5, 5.41) is 3.60. The van der Waals surface area contributed by atoms with Crippen LogP contribution in [-0.4, -0.2) is 33.0 Å². The first-order chi connectivity index (χ1) is 10.3. The van der Waals surface area contributed by atoms with Crippen molar-refractivity contribution < 1.29 is 14.2 Å². The van der Waals surface area contributed by atoms with Gasteiger partial charge in [-0.05, 0) is 25.5 Å². The molecule has 3 rings (SSSR count). The van der Waals surface area contributed by atoms with Gasteiger partial charge in [-0.2, -0.15) is 0 Å². The minimum atomic E-state index is 0.276. The summed E-state index contributed by atoms with van der Waals surface area (Å²) in [4.78, 5) is 0. The number of nitrogens with one attached hydrogen (secondary N) is 1. The van der Waals surface area contributed by atoms with E-state index in [9.17, 15) is 0 Å². The summed E-state index contributed by atoms with van der Waals surface area (Å²) >= 11 is 0. The molecule has 2 heterocycles. The van der Waals surface area contributed by atoms with E-state index in [1.807, 2.05) is 12.1 Å². The molecule has 2 atom stereocenters. The molecule has 0 radical (unpaired) electrons. The second kappa shape index (κ2) is 6.67. The number of fused-ring (bicyclic) bond motifs is 1. The second-order valence-corrected chi connectivity index (χ2v) is 5.86. The maximum absolute atomic E-state index is 6.31. The third kappa shape index (κ3) is 3.16. The van der Waals surface area contributed by atoms with Gasteiger partial charge in [-0.25, -0.2) is 0 Å². The number of hydrogen-bond donors (Lipinski definition) is 1. The summed E-state index contributed by atoms with van der Waals surface area (Å²) in [5.74, 6) is 2.43. The van der Waals surface area contributed by atoms with Crippen LogP contribution in [0.2, 0.25) is 0 Å². The highest BCUT2D eigenvalue weighted by molar-refractivity contribution is 5.44. The molecule has 2 unspecified atom stereocenters. The Morgan fingerprint density at radius 2 is 2.10 bits per heavy atom. The molecule has 2 aliphatic heterocycles. The van der Waals surface area contributed by atoms with Crippen molar-refractivity contribution in [2.24, 2.45) is 5.92 Å². The first-order valence-corrected chi connectivity index (χ1v) is 7.97. The molecule has 0 spiro atoms. The van der Waals surface area contributed by atoms with Crippen molar-refractivity contribution in [2.45, 2.75) is 38.3 Å². The topological polar surface area (TPSA) is 39.7 Å². The summed E-state index contributed by atoms with van der Waals surface area (Å²) in [7, 11) is 1.70. The average Bonchev–Trinajstić information content (AvgIpc) is 2.55. The molecule has 0 aliphatic carbocycles. The first kappa shape index (κ1) is 14.7. The normalized spacial score (nSPS) is 26.0. The predicted molar refractivity (Wildman–Crippen MR) is 82.0 cm³/mol. The predicted octanol–water partition coefficient (Wildman–Crippen LogP) is 2.92. The molecule has 1 fully saturated rings. The summed E-state index contributed by atoms with van der Waals surface area (Å²) in [6.07, 6.45) is 3.52. The van der Waals surface area contributed by atoms with Crippen molar-refractivity contribution >= 4 is 0 Å². The van der Waals surface area contributed by atoms with Crippen molar-refractivity contribution in [3.05, 3.63) is 23.8 Å². The molecule has 1 aromatic carbocycles. The smallest absolute Gasteiger partial charge is 0.128 e. The van der Waals surface area contributed by atoms with Crippen molar-refractivity contribution in [1.29, 1.82) is 0 Å². The SMILES string of the molecule is CCNC1CC(C2CCOCC2)Oc2cc(OC)ccc21. The Hall–Kier alpha value is -1.26. The van der Waals surface area contributed by atoms with Crippen LogP contribution in [0.25, 0.3) is 0 Å². The Morgan fingerprint density at radius 1 is 1.29 bits per heavy atom. The van der Waals surface area contributed by atoms with Gasteiger partial charge in [0.2, 0.25) is 0 Å². The van der Waals surface area contributed by atoms with Crippen molar-refractivity contribution in [2.75, 3.05) is 26.9 Å². The molecule has 4 heteroatoms. The molecular weight excluding hydrogens is 266 g/mol. The second-order valence-electron chi connectivity index (χ2n) is 5.86. The van der Waals surface area contributed by atoms with E-state index in [1.54, 1.807) is 7.11 Å². The molecule has 0 amide bonds. The van der Waals surface area contributed by atoms with Crippen LogP contribution in [0.1, 0.15) is 37.8 Å². The minimum Gasteiger partial charge on any atom is -0.497 e. The minimum absolute atomic E-state index is 0.276. The maximum Gasteiger partial charge on any atom is 0.128 e. The standard InChI is InChI=1S/C17H25NO3/c1-3-18-15-11-16(12-6-8-20-9-7-12)21-17-10-13(19-2)4-5-14(15)17/h4-5,10,12,15-16,18H,3,6-9,11H2,1-2H3. The Labute approximate surface area is 126 Å². The molecule has 1 N–H and O–H groups in total. The fourth-order valence-electron chi connectivity index (χ4n) is 3.42. The maximum atomic E-state index is 6.31. The molecule has 116 valence electrons. The van der Waals surface area contributed by atoms with Crippen LogP contribution in [-0.2, 0) is 4.74 Å². The Morgan fingerprint density at radius 3 is 2.81 bits per heavy atom. The highest BCUT2D eigenvalue weighted by atomic mass is 16.5. The van der Waals surface area contributed by atoms with Gasteiger partial charge in [0.25, 0.3) is 0 Å². The monoisotopic (exact) mass is 291 g/mol.